The predicted molar refractivity (Wildman–Crippen MR) is 236 cm³/mol. The van der Waals surface area contributed by atoms with E-state index in [0.29, 0.717) is 0 Å². The first-order chi connectivity index (χ1) is 27.2. The van der Waals surface area contributed by atoms with E-state index in [0.717, 1.165) is 50.6 Å². The molecule has 10 rings (SSSR count). The summed E-state index contributed by atoms with van der Waals surface area (Å²) >= 11 is 1.89. The fraction of sp³-hybridized carbons (Fsp3) is 0.0189. The largest absolute Gasteiger partial charge is 0.455 e. The van der Waals surface area contributed by atoms with Crippen molar-refractivity contribution in [1.82, 2.24) is 0 Å². The third kappa shape index (κ3) is 5.98. The minimum absolute atomic E-state index is 0.904. The molecule has 0 unspecified atom stereocenters. The van der Waals surface area contributed by atoms with E-state index >= 15 is 0 Å². The van der Waals surface area contributed by atoms with Crippen molar-refractivity contribution in [2.45, 2.75) is 6.42 Å². The van der Waals surface area contributed by atoms with Crippen LogP contribution in [0, 0.1) is 0 Å². The topological polar surface area (TPSA) is 13.1 Å². The Hall–Kier alpha value is -6.74. The van der Waals surface area contributed by atoms with Gasteiger partial charge in [0.25, 0.3) is 0 Å². The number of fused-ring (bicyclic) bond motifs is 4. The first kappa shape index (κ1) is 32.9. The highest BCUT2D eigenvalue weighted by atomic mass is 32.1. The van der Waals surface area contributed by atoms with Gasteiger partial charge in [0, 0.05) is 43.3 Å². The highest BCUT2D eigenvalue weighted by Crippen LogP contribution is 2.42. The van der Waals surface area contributed by atoms with Gasteiger partial charge in [0.15, 0.2) is 0 Å². The van der Waals surface area contributed by atoms with E-state index in [-0.39, 0.29) is 0 Å². The Kier molecular flexibility index (Phi) is 8.32. The van der Waals surface area contributed by atoms with E-state index in [1.807, 2.05) is 23.5 Å². The molecule has 2 aromatic heterocycles. The molecule has 0 radical (unpaired) electrons. The smallest absolute Gasteiger partial charge is 0.143 e. The summed E-state index contributed by atoms with van der Waals surface area (Å²) in [6.07, 6.45) is 2.93. The van der Waals surface area contributed by atoms with Gasteiger partial charge in [0.1, 0.15) is 11.2 Å². The summed E-state index contributed by atoms with van der Waals surface area (Å²) < 4.78 is 8.04. The van der Waals surface area contributed by atoms with E-state index in [9.17, 15) is 0 Å². The lowest BCUT2D eigenvalue weighted by atomic mass is 9.95. The second-order valence-corrected chi connectivity index (χ2v) is 15.2. The lowest BCUT2D eigenvalue weighted by Gasteiger charge is -2.10. The van der Waals surface area contributed by atoms with Crippen molar-refractivity contribution in [3.05, 3.63) is 211 Å². The SMILES string of the molecule is C=Cc1c(Cc2ccccc2)sc2c(-c3cccc(-c4ccc(-c5cccc(-c6cccc7c6oc6c(-c8ccccc8)cccc67)c5)cc4)c3)cccc12. The van der Waals surface area contributed by atoms with Gasteiger partial charge in [-0.1, -0.05) is 189 Å². The molecule has 0 aliphatic carbocycles. The van der Waals surface area contributed by atoms with Crippen LogP contribution in [-0.2, 0) is 6.42 Å². The summed E-state index contributed by atoms with van der Waals surface area (Å²) in [7, 11) is 0. The van der Waals surface area contributed by atoms with Crippen LogP contribution in [0.2, 0.25) is 0 Å². The van der Waals surface area contributed by atoms with Crippen LogP contribution >= 0.6 is 11.3 Å². The lowest BCUT2D eigenvalue weighted by molar-refractivity contribution is 0.671. The van der Waals surface area contributed by atoms with Crippen molar-refractivity contribution in [1.29, 1.82) is 0 Å². The molecule has 0 bridgehead atoms. The third-order valence-electron chi connectivity index (χ3n) is 10.8. The summed E-state index contributed by atoms with van der Waals surface area (Å²) in [6.45, 7) is 4.20. The molecule has 0 atom stereocenters. The Morgan fingerprint density at radius 2 is 0.891 bits per heavy atom. The summed E-state index contributed by atoms with van der Waals surface area (Å²) in [5, 5.41) is 3.54. The van der Waals surface area contributed by atoms with Gasteiger partial charge in [0.05, 0.1) is 0 Å². The molecule has 2 heteroatoms. The van der Waals surface area contributed by atoms with Gasteiger partial charge >= 0.3 is 0 Å². The molecule has 0 amide bonds. The van der Waals surface area contributed by atoms with Crippen molar-refractivity contribution >= 4 is 49.4 Å². The number of benzene rings is 8. The lowest BCUT2D eigenvalue weighted by Crippen LogP contribution is -1.86. The molecule has 260 valence electrons. The van der Waals surface area contributed by atoms with Gasteiger partial charge in [-0.2, -0.15) is 0 Å². The molecule has 0 saturated heterocycles. The van der Waals surface area contributed by atoms with Gasteiger partial charge in [-0.3, -0.25) is 0 Å². The van der Waals surface area contributed by atoms with Crippen molar-refractivity contribution < 1.29 is 4.42 Å². The molecule has 1 nitrogen and oxygen atoms in total. The molecule has 0 saturated carbocycles. The summed E-state index contributed by atoms with van der Waals surface area (Å²) in [5.74, 6) is 0. The maximum Gasteiger partial charge on any atom is 0.143 e. The number of rotatable bonds is 8. The van der Waals surface area contributed by atoms with Gasteiger partial charge in [-0.15, -0.1) is 11.3 Å². The van der Waals surface area contributed by atoms with Crippen molar-refractivity contribution in [3.8, 4) is 55.6 Å². The standard InChI is InChI=1S/C53H36OS/c1-2-43-49-27-13-24-46(53(49)55-50(43)32-35-14-5-3-6-15-35)42-21-10-19-40(34-42)37-30-28-36(29-31-37)39-18-9-20-41(33-39)45-23-12-26-48-47-25-11-22-44(51(47)54-52(45)48)38-16-7-4-8-17-38/h2-31,33-34H,1,32H2. The molecule has 0 fully saturated rings. The fourth-order valence-electron chi connectivity index (χ4n) is 8.03. The molecule has 0 spiro atoms. The second-order valence-electron chi connectivity index (χ2n) is 14.1. The number of hydrogen-bond donors (Lipinski definition) is 0. The number of furan rings is 1. The number of para-hydroxylation sites is 2. The Labute approximate surface area is 325 Å². The minimum atomic E-state index is 0.904. The molecule has 0 aliphatic heterocycles. The Balaban J connectivity index is 0.965. The predicted octanol–water partition coefficient (Wildman–Crippen LogP) is 15.4. The van der Waals surface area contributed by atoms with E-state index in [1.54, 1.807) is 0 Å². The summed E-state index contributed by atoms with van der Waals surface area (Å²) in [6, 6.07) is 67.4. The van der Waals surface area contributed by atoms with E-state index in [4.69, 9.17) is 4.42 Å². The van der Waals surface area contributed by atoms with Gasteiger partial charge in [0.2, 0.25) is 0 Å². The molecular formula is C53H36OS. The monoisotopic (exact) mass is 720 g/mol. The zero-order valence-corrected chi connectivity index (χ0v) is 31.0. The quantitative estimate of drug-likeness (QED) is 0.152. The summed E-state index contributed by atoms with van der Waals surface area (Å²) in [4.78, 5) is 1.35. The van der Waals surface area contributed by atoms with Crippen molar-refractivity contribution in [3.63, 3.8) is 0 Å². The minimum Gasteiger partial charge on any atom is -0.455 e. The maximum absolute atomic E-state index is 6.73. The third-order valence-corrected chi connectivity index (χ3v) is 12.0. The van der Waals surface area contributed by atoms with Crippen molar-refractivity contribution in [2.75, 3.05) is 0 Å². The molecule has 0 aliphatic rings. The normalized spacial score (nSPS) is 11.4. The average Bonchev–Trinajstić information content (AvgIpc) is 3.82. The molecule has 55 heavy (non-hydrogen) atoms. The van der Waals surface area contributed by atoms with Gasteiger partial charge < -0.3 is 4.42 Å². The zero-order valence-electron chi connectivity index (χ0n) is 30.2. The Morgan fingerprint density at radius 3 is 1.49 bits per heavy atom. The van der Waals surface area contributed by atoms with Crippen LogP contribution in [0.1, 0.15) is 16.0 Å². The first-order valence-corrected chi connectivity index (χ1v) is 19.6. The molecule has 0 N–H and O–H groups in total. The second kappa shape index (κ2) is 13.9. The van der Waals surface area contributed by atoms with Crippen LogP contribution in [0.15, 0.2) is 199 Å². The average molecular weight is 721 g/mol. The molecular weight excluding hydrogens is 685 g/mol. The maximum atomic E-state index is 6.73. The fourth-order valence-corrected chi connectivity index (χ4v) is 9.40. The van der Waals surface area contributed by atoms with E-state index < -0.39 is 0 Å². The van der Waals surface area contributed by atoms with E-state index in [2.05, 4.69) is 189 Å². The summed E-state index contributed by atoms with van der Waals surface area (Å²) in [5.41, 5.74) is 16.1. The highest BCUT2D eigenvalue weighted by molar-refractivity contribution is 7.20. The highest BCUT2D eigenvalue weighted by Gasteiger charge is 2.17. The van der Waals surface area contributed by atoms with E-state index in [1.165, 1.54) is 59.5 Å². The first-order valence-electron chi connectivity index (χ1n) is 18.7. The Morgan fingerprint density at radius 1 is 0.418 bits per heavy atom. The van der Waals surface area contributed by atoms with Crippen LogP contribution in [0.3, 0.4) is 0 Å². The van der Waals surface area contributed by atoms with Crippen LogP contribution < -0.4 is 0 Å². The van der Waals surface area contributed by atoms with Crippen LogP contribution in [0.4, 0.5) is 0 Å². The van der Waals surface area contributed by atoms with Crippen LogP contribution in [0.5, 0.6) is 0 Å². The van der Waals surface area contributed by atoms with Gasteiger partial charge in [-0.05, 0) is 67.8 Å². The molecule has 10 aromatic rings. The number of hydrogen-bond acceptors (Lipinski definition) is 2. The van der Waals surface area contributed by atoms with Gasteiger partial charge in [-0.25, -0.2) is 0 Å². The zero-order chi connectivity index (χ0) is 36.7. The van der Waals surface area contributed by atoms with Crippen LogP contribution in [-0.4, -0.2) is 0 Å². The van der Waals surface area contributed by atoms with Crippen LogP contribution in [0.25, 0.3) is 93.7 Å². The van der Waals surface area contributed by atoms with Crippen molar-refractivity contribution in [2.24, 2.45) is 0 Å². The Bertz CT molecular complexity index is 3000. The molecule has 2 heterocycles. The molecule has 8 aromatic carbocycles. The number of thiophene rings is 1.